The molecule has 0 aromatic heterocycles. The van der Waals surface area contributed by atoms with E-state index in [1.165, 1.54) is 24.3 Å². The van der Waals surface area contributed by atoms with Gasteiger partial charge in [0, 0.05) is 12.3 Å². The van der Waals surface area contributed by atoms with Gasteiger partial charge in [0.2, 0.25) is 0 Å². The van der Waals surface area contributed by atoms with Crippen LogP contribution in [0.3, 0.4) is 0 Å². The fourth-order valence-corrected chi connectivity index (χ4v) is 4.38. The van der Waals surface area contributed by atoms with E-state index in [2.05, 4.69) is 9.50 Å². The zero-order valence-electron chi connectivity index (χ0n) is 17.7. The summed E-state index contributed by atoms with van der Waals surface area (Å²) in [6.07, 6.45) is -0.938. The number of carbonyl (C=O) groups is 2. The van der Waals surface area contributed by atoms with Crippen LogP contribution < -0.4 is 9.50 Å². The Morgan fingerprint density at radius 3 is 2.00 bits per heavy atom. The Labute approximate surface area is 195 Å². The highest BCUT2D eigenvalue weighted by molar-refractivity contribution is 7.81. The summed E-state index contributed by atoms with van der Waals surface area (Å²) in [5.41, 5.74) is 4.74. The average Bonchev–Trinajstić information content (AvgIpc) is 3.11. The van der Waals surface area contributed by atoms with Crippen LogP contribution in [0.5, 0.6) is 5.75 Å². The van der Waals surface area contributed by atoms with Crippen LogP contribution in [0.4, 0.5) is 4.79 Å². The van der Waals surface area contributed by atoms with Crippen molar-refractivity contribution >= 4 is 22.5 Å². The van der Waals surface area contributed by atoms with Crippen LogP contribution in [0.15, 0.2) is 72.8 Å². The van der Waals surface area contributed by atoms with Crippen LogP contribution in [0.2, 0.25) is 0 Å². The van der Waals surface area contributed by atoms with E-state index in [-0.39, 0.29) is 24.7 Å². The first kappa shape index (κ1) is 23.3. The number of fused-ring (bicyclic) bond motifs is 3. The molecule has 0 bridgehead atoms. The third-order valence-corrected chi connectivity index (χ3v) is 5.90. The zero-order valence-corrected chi connectivity index (χ0v) is 18.6. The van der Waals surface area contributed by atoms with E-state index in [1.807, 2.05) is 48.5 Å². The molecule has 0 heterocycles. The number of alkyl carbamates (subject to hydrolysis) is 1. The highest BCUT2D eigenvalue weighted by Crippen LogP contribution is 2.44. The number of carboxylic acid groups (broad SMARTS) is 1. The fourth-order valence-electron chi connectivity index (χ4n) is 4.02. The van der Waals surface area contributed by atoms with E-state index in [0.29, 0.717) is 5.56 Å². The predicted molar refractivity (Wildman–Crippen MR) is 122 cm³/mol. The Morgan fingerprint density at radius 2 is 1.47 bits per heavy atom. The van der Waals surface area contributed by atoms with Crippen molar-refractivity contribution in [3.05, 3.63) is 89.5 Å². The standard InChI is InChI=1S/C24H21NO8S/c26-23(27)22(13-15-9-11-16(12-10-15)33-34(29,30)31)25-24(28)32-14-21-19-7-3-1-5-17(19)18-6-2-4-8-20(18)21/h1-12,21-22H,13-14H2,(H,25,28)(H,26,27)(H,29,30,31)/t22-/m0/s1. The Morgan fingerprint density at radius 1 is 0.912 bits per heavy atom. The maximum absolute atomic E-state index is 12.4. The molecule has 0 radical (unpaired) electrons. The summed E-state index contributed by atoms with van der Waals surface area (Å²) in [6.45, 7) is 0.0495. The molecule has 1 aliphatic carbocycles. The minimum atomic E-state index is -4.66. The van der Waals surface area contributed by atoms with Crippen molar-refractivity contribution in [1.82, 2.24) is 5.32 Å². The summed E-state index contributed by atoms with van der Waals surface area (Å²) in [7, 11) is -4.66. The van der Waals surface area contributed by atoms with Gasteiger partial charge in [-0.2, -0.15) is 8.42 Å². The van der Waals surface area contributed by atoms with Gasteiger partial charge in [-0.05, 0) is 39.9 Å². The molecule has 3 N–H and O–H groups in total. The fraction of sp³-hybridized carbons (Fsp3) is 0.167. The lowest BCUT2D eigenvalue weighted by Crippen LogP contribution is -2.42. The molecule has 0 saturated carbocycles. The van der Waals surface area contributed by atoms with Gasteiger partial charge in [-0.1, -0.05) is 60.7 Å². The molecule has 1 aliphatic rings. The highest BCUT2D eigenvalue weighted by Gasteiger charge is 2.29. The van der Waals surface area contributed by atoms with Gasteiger partial charge in [0.05, 0.1) is 0 Å². The van der Waals surface area contributed by atoms with Gasteiger partial charge in [0.15, 0.2) is 0 Å². The molecular formula is C24H21NO8S. The van der Waals surface area contributed by atoms with E-state index in [9.17, 15) is 23.1 Å². The molecule has 34 heavy (non-hydrogen) atoms. The maximum atomic E-state index is 12.4. The van der Waals surface area contributed by atoms with Crippen molar-refractivity contribution in [3.63, 3.8) is 0 Å². The number of ether oxygens (including phenoxy) is 1. The van der Waals surface area contributed by atoms with Crippen LogP contribution in [0.25, 0.3) is 11.1 Å². The van der Waals surface area contributed by atoms with E-state index in [1.54, 1.807) is 0 Å². The molecular weight excluding hydrogens is 462 g/mol. The summed E-state index contributed by atoms with van der Waals surface area (Å²) < 4.78 is 40.0. The molecule has 0 spiro atoms. The van der Waals surface area contributed by atoms with Crippen molar-refractivity contribution in [3.8, 4) is 16.9 Å². The maximum Gasteiger partial charge on any atom is 0.446 e. The van der Waals surface area contributed by atoms with Crippen molar-refractivity contribution in [1.29, 1.82) is 0 Å². The molecule has 0 fully saturated rings. The van der Waals surface area contributed by atoms with E-state index < -0.39 is 28.5 Å². The van der Waals surface area contributed by atoms with Crippen LogP contribution in [0, 0.1) is 0 Å². The van der Waals surface area contributed by atoms with Crippen LogP contribution in [-0.4, -0.2) is 42.8 Å². The summed E-state index contributed by atoms with van der Waals surface area (Å²) in [6, 6.07) is 19.8. The molecule has 1 amide bonds. The molecule has 1 atom stereocenters. The number of carbonyl (C=O) groups excluding carboxylic acids is 1. The lowest BCUT2D eigenvalue weighted by atomic mass is 9.98. The topological polar surface area (TPSA) is 139 Å². The molecule has 0 aliphatic heterocycles. The number of rotatable bonds is 8. The summed E-state index contributed by atoms with van der Waals surface area (Å²) >= 11 is 0. The zero-order chi connectivity index (χ0) is 24.3. The monoisotopic (exact) mass is 483 g/mol. The van der Waals surface area contributed by atoms with Crippen LogP contribution in [0.1, 0.15) is 22.6 Å². The van der Waals surface area contributed by atoms with Crippen molar-refractivity contribution in [2.45, 2.75) is 18.4 Å². The minimum Gasteiger partial charge on any atom is -0.480 e. The summed E-state index contributed by atoms with van der Waals surface area (Å²) in [5, 5.41) is 11.9. The van der Waals surface area contributed by atoms with E-state index >= 15 is 0 Å². The molecule has 176 valence electrons. The Bertz CT molecular complexity index is 1280. The van der Waals surface area contributed by atoms with Gasteiger partial charge in [0.1, 0.15) is 18.4 Å². The normalized spacial score (nSPS) is 13.4. The third-order valence-electron chi connectivity index (χ3n) is 5.50. The molecule has 0 unspecified atom stereocenters. The second kappa shape index (κ2) is 9.54. The summed E-state index contributed by atoms with van der Waals surface area (Å²) in [5.74, 6) is -1.55. The van der Waals surface area contributed by atoms with E-state index in [0.717, 1.165) is 22.3 Å². The number of hydrogen-bond donors (Lipinski definition) is 3. The van der Waals surface area contributed by atoms with Crippen LogP contribution >= 0.6 is 0 Å². The lowest BCUT2D eigenvalue weighted by molar-refractivity contribution is -0.139. The second-order valence-corrected chi connectivity index (χ2v) is 8.74. The molecule has 3 aromatic rings. The number of nitrogens with one attached hydrogen (secondary N) is 1. The Kier molecular flexibility index (Phi) is 6.53. The van der Waals surface area contributed by atoms with Crippen LogP contribution in [-0.2, 0) is 26.4 Å². The molecule has 0 saturated heterocycles. The molecule has 4 rings (SSSR count). The SMILES string of the molecule is O=C(N[C@@H](Cc1ccc(OS(=O)(=O)O)cc1)C(=O)O)OCC1c2ccccc2-c2ccccc21. The Balaban J connectivity index is 1.39. The number of aliphatic carboxylic acids is 1. The minimum absolute atomic E-state index is 0.0495. The molecule has 9 nitrogen and oxygen atoms in total. The van der Waals surface area contributed by atoms with Gasteiger partial charge in [-0.15, -0.1) is 0 Å². The number of carboxylic acids is 1. The summed E-state index contributed by atoms with van der Waals surface area (Å²) in [4.78, 5) is 24.1. The Hall–Kier alpha value is -3.89. The van der Waals surface area contributed by atoms with Crippen molar-refractivity contribution < 1.29 is 36.6 Å². The lowest BCUT2D eigenvalue weighted by Gasteiger charge is -2.17. The molecule has 10 heteroatoms. The third kappa shape index (κ3) is 5.36. The molecule has 3 aromatic carbocycles. The largest absolute Gasteiger partial charge is 0.480 e. The van der Waals surface area contributed by atoms with Gasteiger partial charge in [-0.25, -0.2) is 9.59 Å². The van der Waals surface area contributed by atoms with Crippen molar-refractivity contribution in [2.24, 2.45) is 0 Å². The average molecular weight is 483 g/mol. The highest BCUT2D eigenvalue weighted by atomic mass is 32.3. The number of amides is 1. The van der Waals surface area contributed by atoms with Gasteiger partial charge in [-0.3, -0.25) is 4.55 Å². The first-order chi connectivity index (χ1) is 16.2. The van der Waals surface area contributed by atoms with Crippen molar-refractivity contribution in [2.75, 3.05) is 6.61 Å². The second-order valence-electron chi connectivity index (χ2n) is 7.72. The van der Waals surface area contributed by atoms with Gasteiger partial charge in [0.25, 0.3) is 0 Å². The number of hydrogen-bond acceptors (Lipinski definition) is 6. The van der Waals surface area contributed by atoms with Gasteiger partial charge >= 0.3 is 22.5 Å². The predicted octanol–water partition coefficient (Wildman–Crippen LogP) is 3.40. The first-order valence-electron chi connectivity index (χ1n) is 10.3. The first-order valence-corrected chi connectivity index (χ1v) is 11.7. The quantitative estimate of drug-likeness (QED) is 0.414. The smallest absolute Gasteiger partial charge is 0.446 e. The van der Waals surface area contributed by atoms with E-state index in [4.69, 9.17) is 9.29 Å². The number of benzene rings is 3. The van der Waals surface area contributed by atoms with Gasteiger partial charge < -0.3 is 19.3 Å².